The van der Waals surface area contributed by atoms with Crippen LogP contribution >= 0.6 is 0 Å². The normalized spacial score (nSPS) is 21.9. The maximum atomic E-state index is 13.3. The van der Waals surface area contributed by atoms with E-state index in [1.165, 1.54) is 12.1 Å². The van der Waals surface area contributed by atoms with E-state index in [2.05, 4.69) is 0 Å². The third-order valence-electron chi connectivity index (χ3n) is 6.19. The highest BCUT2D eigenvalue weighted by molar-refractivity contribution is 5.96. The first-order chi connectivity index (χ1) is 14.4. The Kier molecular flexibility index (Phi) is 5.60. The molecule has 0 aromatic heterocycles. The highest BCUT2D eigenvalue weighted by Gasteiger charge is 2.47. The Bertz CT molecular complexity index is 951. The molecule has 1 unspecified atom stereocenters. The molecule has 0 bridgehead atoms. The van der Waals surface area contributed by atoms with Gasteiger partial charge in [0.05, 0.1) is 12.1 Å². The van der Waals surface area contributed by atoms with Gasteiger partial charge in [0.15, 0.2) is 0 Å². The quantitative estimate of drug-likeness (QED) is 0.779. The van der Waals surface area contributed by atoms with Crippen LogP contribution in [0.15, 0.2) is 42.5 Å². The largest absolute Gasteiger partial charge is 0.379 e. The highest BCUT2D eigenvalue weighted by atomic mass is 19.1. The maximum absolute atomic E-state index is 13.3. The van der Waals surface area contributed by atoms with Crippen LogP contribution in [-0.2, 0) is 16.1 Å². The summed E-state index contributed by atoms with van der Waals surface area (Å²) in [5.74, 6) is -0.346. The van der Waals surface area contributed by atoms with Gasteiger partial charge in [-0.3, -0.25) is 9.59 Å². The summed E-state index contributed by atoms with van der Waals surface area (Å²) in [6.07, 6.45) is 0.941. The number of nitrogens with zero attached hydrogens (tertiary/aromatic N) is 2. The van der Waals surface area contributed by atoms with Gasteiger partial charge < -0.3 is 14.5 Å². The minimum absolute atomic E-state index is 0.000697. The van der Waals surface area contributed by atoms with Gasteiger partial charge in [0.2, 0.25) is 5.91 Å². The Hall–Kier alpha value is -2.73. The number of hydrogen-bond donors (Lipinski definition) is 0. The molecule has 2 aromatic rings. The zero-order chi connectivity index (χ0) is 21.3. The molecule has 2 saturated heterocycles. The van der Waals surface area contributed by atoms with Crippen molar-refractivity contribution in [3.8, 4) is 0 Å². The molecule has 2 aliphatic heterocycles. The molecule has 0 saturated carbocycles. The summed E-state index contributed by atoms with van der Waals surface area (Å²) >= 11 is 0. The zero-order valence-corrected chi connectivity index (χ0v) is 17.5. The third-order valence-corrected chi connectivity index (χ3v) is 6.19. The molecule has 1 spiro atoms. The number of benzene rings is 2. The molecular weight excluding hydrogens is 383 g/mol. The molecule has 2 amide bonds. The lowest BCUT2D eigenvalue weighted by Gasteiger charge is -2.40. The average molecular weight is 410 g/mol. The van der Waals surface area contributed by atoms with Crippen molar-refractivity contribution in [1.29, 1.82) is 0 Å². The fraction of sp³-hybridized carbons (Fsp3) is 0.417. The molecule has 1 atom stereocenters. The van der Waals surface area contributed by atoms with Crippen LogP contribution in [0.4, 0.5) is 4.39 Å². The van der Waals surface area contributed by atoms with Gasteiger partial charge in [0, 0.05) is 38.2 Å². The number of rotatable bonds is 3. The summed E-state index contributed by atoms with van der Waals surface area (Å²) in [5, 5.41) is 0. The summed E-state index contributed by atoms with van der Waals surface area (Å²) in [5.41, 5.74) is 3.03. The minimum atomic E-state index is -0.559. The van der Waals surface area contributed by atoms with Gasteiger partial charge in [-0.25, -0.2) is 4.39 Å². The van der Waals surface area contributed by atoms with Gasteiger partial charge >= 0.3 is 0 Å². The highest BCUT2D eigenvalue weighted by Crippen LogP contribution is 2.33. The Morgan fingerprint density at radius 2 is 1.93 bits per heavy atom. The van der Waals surface area contributed by atoms with E-state index >= 15 is 0 Å². The first-order valence-electron chi connectivity index (χ1n) is 10.4. The standard InChI is InChI=1S/C24H27FN2O3/c1-17-3-8-21(18(2)13-17)23(29)26-11-9-22(28)27(24(15-26)10-12-30-16-24)14-19-4-6-20(25)7-5-19/h3-8,13H,9-12,14-16H2,1-2H3. The molecule has 2 aromatic carbocycles. The Labute approximate surface area is 176 Å². The summed E-state index contributed by atoms with van der Waals surface area (Å²) in [6, 6.07) is 12.0. The van der Waals surface area contributed by atoms with Gasteiger partial charge in [0.1, 0.15) is 5.82 Å². The first kappa shape index (κ1) is 20.5. The molecule has 30 heavy (non-hydrogen) atoms. The topological polar surface area (TPSA) is 49.9 Å². The van der Waals surface area contributed by atoms with Gasteiger partial charge in [0.25, 0.3) is 5.91 Å². The predicted molar refractivity (Wildman–Crippen MR) is 112 cm³/mol. The molecule has 2 heterocycles. The molecule has 5 nitrogen and oxygen atoms in total. The molecule has 0 radical (unpaired) electrons. The lowest BCUT2D eigenvalue weighted by molar-refractivity contribution is -0.137. The summed E-state index contributed by atoms with van der Waals surface area (Å²) in [7, 11) is 0. The number of carbonyl (C=O) groups excluding carboxylic acids is 2. The number of carbonyl (C=O) groups is 2. The number of ether oxygens (including phenoxy) is 1. The second-order valence-electron chi connectivity index (χ2n) is 8.43. The Balaban J connectivity index is 1.63. The molecule has 2 fully saturated rings. The van der Waals surface area contributed by atoms with Gasteiger partial charge in [-0.2, -0.15) is 0 Å². The number of halogens is 1. The average Bonchev–Trinajstić information content (AvgIpc) is 3.14. The van der Waals surface area contributed by atoms with Crippen molar-refractivity contribution in [1.82, 2.24) is 9.80 Å². The van der Waals surface area contributed by atoms with Crippen molar-refractivity contribution < 1.29 is 18.7 Å². The van der Waals surface area contributed by atoms with E-state index in [0.717, 1.165) is 16.7 Å². The van der Waals surface area contributed by atoms with Crippen molar-refractivity contribution in [2.45, 2.75) is 38.8 Å². The van der Waals surface area contributed by atoms with Crippen molar-refractivity contribution >= 4 is 11.8 Å². The number of amides is 2. The molecule has 0 aliphatic carbocycles. The van der Waals surface area contributed by atoms with Crippen LogP contribution in [0.2, 0.25) is 0 Å². The molecule has 158 valence electrons. The lowest BCUT2D eigenvalue weighted by atomic mass is 9.94. The van der Waals surface area contributed by atoms with Crippen molar-refractivity contribution in [2.24, 2.45) is 0 Å². The molecule has 0 N–H and O–H groups in total. The first-order valence-corrected chi connectivity index (χ1v) is 10.4. The summed E-state index contributed by atoms with van der Waals surface area (Å²) < 4.78 is 19.0. The minimum Gasteiger partial charge on any atom is -0.379 e. The van der Waals surface area contributed by atoms with Crippen LogP contribution in [-0.4, -0.2) is 53.5 Å². The van der Waals surface area contributed by atoms with Crippen molar-refractivity contribution in [3.05, 3.63) is 70.5 Å². The molecule has 2 aliphatic rings. The third kappa shape index (κ3) is 3.97. The lowest BCUT2D eigenvalue weighted by Crippen LogP contribution is -2.56. The maximum Gasteiger partial charge on any atom is 0.254 e. The van der Waals surface area contributed by atoms with Crippen molar-refractivity contribution in [3.63, 3.8) is 0 Å². The van der Waals surface area contributed by atoms with Gasteiger partial charge in [-0.15, -0.1) is 0 Å². The Morgan fingerprint density at radius 3 is 2.60 bits per heavy atom. The second kappa shape index (κ2) is 8.19. The van der Waals surface area contributed by atoms with Crippen LogP contribution in [0.25, 0.3) is 0 Å². The van der Waals surface area contributed by atoms with E-state index in [1.54, 1.807) is 17.0 Å². The zero-order valence-electron chi connectivity index (χ0n) is 17.5. The smallest absolute Gasteiger partial charge is 0.254 e. The SMILES string of the molecule is Cc1ccc(C(=O)N2CCC(=O)N(Cc3ccc(F)cc3)C3(CCOC3)C2)c(C)c1. The van der Waals surface area contributed by atoms with E-state index in [-0.39, 0.29) is 24.1 Å². The molecular formula is C24H27FN2O3. The van der Waals surface area contributed by atoms with E-state index < -0.39 is 5.54 Å². The van der Waals surface area contributed by atoms with Crippen LogP contribution < -0.4 is 0 Å². The fourth-order valence-electron chi connectivity index (χ4n) is 4.51. The number of hydrogen-bond acceptors (Lipinski definition) is 3. The van der Waals surface area contributed by atoms with Crippen LogP contribution in [0, 0.1) is 19.7 Å². The monoisotopic (exact) mass is 410 g/mol. The van der Waals surface area contributed by atoms with E-state index in [9.17, 15) is 14.0 Å². The van der Waals surface area contributed by atoms with E-state index in [1.807, 2.05) is 36.9 Å². The number of aryl methyl sites for hydroxylation is 2. The van der Waals surface area contributed by atoms with Gasteiger partial charge in [-0.1, -0.05) is 29.8 Å². The Morgan fingerprint density at radius 1 is 1.17 bits per heavy atom. The predicted octanol–water partition coefficient (Wildman–Crippen LogP) is 3.48. The van der Waals surface area contributed by atoms with Crippen LogP contribution in [0.3, 0.4) is 0 Å². The van der Waals surface area contributed by atoms with E-state index in [0.29, 0.717) is 44.8 Å². The van der Waals surface area contributed by atoms with Crippen LogP contribution in [0.5, 0.6) is 0 Å². The van der Waals surface area contributed by atoms with Crippen LogP contribution in [0.1, 0.15) is 39.9 Å². The van der Waals surface area contributed by atoms with Crippen molar-refractivity contribution in [2.75, 3.05) is 26.3 Å². The molecule has 4 rings (SSSR count). The van der Waals surface area contributed by atoms with Gasteiger partial charge in [-0.05, 0) is 49.6 Å². The summed E-state index contributed by atoms with van der Waals surface area (Å²) in [4.78, 5) is 30.1. The second-order valence-corrected chi connectivity index (χ2v) is 8.43. The summed E-state index contributed by atoms with van der Waals surface area (Å²) in [6.45, 7) is 6.10. The van der Waals surface area contributed by atoms with E-state index in [4.69, 9.17) is 4.74 Å². The molecule has 6 heteroatoms. The fourth-order valence-corrected chi connectivity index (χ4v) is 4.51.